The summed E-state index contributed by atoms with van der Waals surface area (Å²) in [6.45, 7) is 0. The molecule has 0 saturated heterocycles. The van der Waals surface area contributed by atoms with E-state index in [0.717, 1.165) is 10.2 Å². The van der Waals surface area contributed by atoms with E-state index in [1.54, 1.807) is 24.4 Å². The Labute approximate surface area is 108 Å². The van der Waals surface area contributed by atoms with Gasteiger partial charge in [-0.2, -0.15) is 0 Å². The van der Waals surface area contributed by atoms with Gasteiger partial charge in [0.05, 0.1) is 5.69 Å². The highest BCUT2D eigenvalue weighted by Gasteiger charge is 2.00. The summed E-state index contributed by atoms with van der Waals surface area (Å²) in [5, 5.41) is 0. The second-order valence-corrected chi connectivity index (χ2v) is 4.37. The fourth-order valence-electron chi connectivity index (χ4n) is 1.35. The maximum atomic E-state index is 11.8. The maximum absolute atomic E-state index is 11.8. The lowest BCUT2D eigenvalue weighted by Gasteiger charge is -1.95. The van der Waals surface area contributed by atoms with E-state index in [1.165, 1.54) is 6.08 Å². The zero-order valence-corrected chi connectivity index (χ0v) is 10.6. The summed E-state index contributed by atoms with van der Waals surface area (Å²) >= 11 is 3.33. The molecule has 0 N–H and O–H groups in total. The summed E-state index contributed by atoms with van der Waals surface area (Å²) in [6, 6.07) is 12.9. The molecule has 17 heavy (non-hydrogen) atoms. The second kappa shape index (κ2) is 5.55. The minimum absolute atomic E-state index is 0.0249. The molecule has 1 aromatic heterocycles. The van der Waals surface area contributed by atoms with E-state index in [1.807, 2.05) is 30.3 Å². The number of carbonyl (C=O) groups is 1. The number of rotatable bonds is 3. The van der Waals surface area contributed by atoms with Crippen LogP contribution in [0.4, 0.5) is 0 Å². The first-order valence-electron chi connectivity index (χ1n) is 5.15. The van der Waals surface area contributed by atoms with Gasteiger partial charge >= 0.3 is 0 Å². The zero-order chi connectivity index (χ0) is 12.1. The molecule has 0 fully saturated rings. The van der Waals surface area contributed by atoms with E-state index >= 15 is 0 Å². The van der Waals surface area contributed by atoms with Crippen LogP contribution in [0.5, 0.6) is 0 Å². The molecule has 0 aliphatic heterocycles. The molecule has 1 aromatic carbocycles. The quantitative estimate of drug-likeness (QED) is 0.636. The summed E-state index contributed by atoms with van der Waals surface area (Å²) in [7, 11) is 0. The predicted molar refractivity (Wildman–Crippen MR) is 71.7 cm³/mol. The number of aromatic nitrogens is 1. The minimum atomic E-state index is -0.0249. The van der Waals surface area contributed by atoms with Crippen LogP contribution in [0.25, 0.3) is 6.08 Å². The average molecular weight is 288 g/mol. The SMILES string of the molecule is O=C(C=Cc1ccccn1)c1ccc(Br)cc1. The van der Waals surface area contributed by atoms with Crippen molar-refractivity contribution in [2.24, 2.45) is 0 Å². The van der Waals surface area contributed by atoms with Crippen LogP contribution < -0.4 is 0 Å². The van der Waals surface area contributed by atoms with Crippen LogP contribution in [-0.2, 0) is 0 Å². The summed E-state index contributed by atoms with van der Waals surface area (Å²) in [5.41, 5.74) is 1.44. The smallest absolute Gasteiger partial charge is 0.185 e. The molecule has 0 aliphatic carbocycles. The van der Waals surface area contributed by atoms with E-state index in [-0.39, 0.29) is 5.78 Å². The van der Waals surface area contributed by atoms with Crippen LogP contribution in [0.1, 0.15) is 16.1 Å². The third kappa shape index (κ3) is 3.36. The molecule has 0 aliphatic rings. The molecule has 84 valence electrons. The van der Waals surface area contributed by atoms with Gasteiger partial charge in [0.1, 0.15) is 0 Å². The van der Waals surface area contributed by atoms with Gasteiger partial charge in [0.15, 0.2) is 5.78 Å². The molecule has 3 heteroatoms. The van der Waals surface area contributed by atoms with E-state index in [2.05, 4.69) is 20.9 Å². The lowest BCUT2D eigenvalue weighted by Crippen LogP contribution is -1.93. The Kier molecular flexibility index (Phi) is 3.83. The molecular formula is C14H10BrNO. The lowest BCUT2D eigenvalue weighted by atomic mass is 10.1. The Morgan fingerprint density at radius 2 is 1.88 bits per heavy atom. The van der Waals surface area contributed by atoms with Crippen LogP contribution >= 0.6 is 15.9 Å². The van der Waals surface area contributed by atoms with Crippen LogP contribution in [-0.4, -0.2) is 10.8 Å². The average Bonchev–Trinajstić information content (AvgIpc) is 2.38. The first-order valence-corrected chi connectivity index (χ1v) is 5.94. The van der Waals surface area contributed by atoms with Crippen LogP contribution in [0.3, 0.4) is 0 Å². The van der Waals surface area contributed by atoms with E-state index in [0.29, 0.717) is 5.56 Å². The number of hydrogen-bond acceptors (Lipinski definition) is 2. The molecule has 0 radical (unpaired) electrons. The standard InChI is InChI=1S/C14H10BrNO/c15-12-6-4-11(5-7-12)14(17)9-8-13-3-1-2-10-16-13/h1-10H. The van der Waals surface area contributed by atoms with Gasteiger partial charge in [0.2, 0.25) is 0 Å². The zero-order valence-electron chi connectivity index (χ0n) is 9.01. The first kappa shape index (κ1) is 11.7. The number of allylic oxidation sites excluding steroid dienone is 1. The Balaban J connectivity index is 2.12. The van der Waals surface area contributed by atoms with Crippen LogP contribution in [0.15, 0.2) is 59.2 Å². The first-order chi connectivity index (χ1) is 8.25. The predicted octanol–water partition coefficient (Wildman–Crippen LogP) is 3.74. The molecule has 2 nitrogen and oxygen atoms in total. The Hall–Kier alpha value is -1.74. The van der Waals surface area contributed by atoms with Crippen molar-refractivity contribution in [3.63, 3.8) is 0 Å². The Bertz CT molecular complexity index is 532. The molecule has 0 atom stereocenters. The van der Waals surface area contributed by atoms with Gasteiger partial charge in [-0.15, -0.1) is 0 Å². The third-order valence-electron chi connectivity index (χ3n) is 2.22. The molecule has 0 amide bonds. The van der Waals surface area contributed by atoms with Crippen molar-refractivity contribution in [2.45, 2.75) is 0 Å². The number of halogens is 1. The highest BCUT2D eigenvalue weighted by molar-refractivity contribution is 9.10. The molecule has 0 unspecified atom stereocenters. The van der Waals surface area contributed by atoms with Crippen molar-refractivity contribution in [3.8, 4) is 0 Å². The fourth-order valence-corrected chi connectivity index (χ4v) is 1.61. The van der Waals surface area contributed by atoms with Crippen molar-refractivity contribution in [2.75, 3.05) is 0 Å². The maximum Gasteiger partial charge on any atom is 0.185 e. The number of pyridine rings is 1. The molecule has 0 bridgehead atoms. The number of nitrogens with zero attached hydrogens (tertiary/aromatic N) is 1. The summed E-state index contributed by atoms with van der Waals surface area (Å²) < 4.78 is 0.961. The Morgan fingerprint density at radius 1 is 1.12 bits per heavy atom. The number of hydrogen-bond donors (Lipinski definition) is 0. The monoisotopic (exact) mass is 287 g/mol. The van der Waals surface area contributed by atoms with E-state index in [9.17, 15) is 4.79 Å². The van der Waals surface area contributed by atoms with Crippen molar-refractivity contribution in [3.05, 3.63) is 70.5 Å². The highest BCUT2D eigenvalue weighted by atomic mass is 79.9. The van der Waals surface area contributed by atoms with Gasteiger partial charge in [-0.1, -0.05) is 22.0 Å². The summed E-state index contributed by atoms with van der Waals surface area (Å²) in [6.07, 6.45) is 4.94. The molecular weight excluding hydrogens is 278 g/mol. The normalized spacial score (nSPS) is 10.6. The summed E-state index contributed by atoms with van der Waals surface area (Å²) in [5.74, 6) is -0.0249. The van der Waals surface area contributed by atoms with Crippen molar-refractivity contribution in [1.82, 2.24) is 4.98 Å². The van der Waals surface area contributed by atoms with Gasteiger partial charge in [-0.25, -0.2) is 0 Å². The van der Waals surface area contributed by atoms with Gasteiger partial charge in [-0.3, -0.25) is 9.78 Å². The number of carbonyl (C=O) groups excluding carboxylic acids is 1. The van der Waals surface area contributed by atoms with Crippen LogP contribution in [0.2, 0.25) is 0 Å². The second-order valence-electron chi connectivity index (χ2n) is 3.46. The van der Waals surface area contributed by atoms with E-state index < -0.39 is 0 Å². The highest BCUT2D eigenvalue weighted by Crippen LogP contribution is 2.11. The molecule has 2 aromatic rings. The van der Waals surface area contributed by atoms with Gasteiger partial charge in [0.25, 0.3) is 0 Å². The van der Waals surface area contributed by atoms with E-state index in [4.69, 9.17) is 0 Å². The molecule has 1 heterocycles. The van der Waals surface area contributed by atoms with Crippen molar-refractivity contribution >= 4 is 27.8 Å². The van der Waals surface area contributed by atoms with Crippen molar-refractivity contribution in [1.29, 1.82) is 0 Å². The largest absolute Gasteiger partial charge is 0.289 e. The van der Waals surface area contributed by atoms with Gasteiger partial charge in [0, 0.05) is 16.2 Å². The molecule has 0 saturated carbocycles. The van der Waals surface area contributed by atoms with Gasteiger partial charge < -0.3 is 0 Å². The Morgan fingerprint density at radius 3 is 2.53 bits per heavy atom. The van der Waals surface area contributed by atoms with Gasteiger partial charge in [-0.05, 0) is 48.6 Å². The fraction of sp³-hybridized carbons (Fsp3) is 0. The summed E-state index contributed by atoms with van der Waals surface area (Å²) in [4.78, 5) is 15.9. The molecule has 2 rings (SSSR count). The van der Waals surface area contributed by atoms with Crippen molar-refractivity contribution < 1.29 is 4.79 Å². The molecule has 0 spiro atoms. The minimum Gasteiger partial charge on any atom is -0.289 e. The topological polar surface area (TPSA) is 30.0 Å². The number of benzene rings is 1. The third-order valence-corrected chi connectivity index (χ3v) is 2.75. The van der Waals surface area contributed by atoms with Crippen LogP contribution in [0, 0.1) is 0 Å². The number of ketones is 1. The lowest BCUT2D eigenvalue weighted by molar-refractivity contribution is 0.104.